The van der Waals surface area contributed by atoms with Gasteiger partial charge in [-0.2, -0.15) is 5.10 Å². The van der Waals surface area contributed by atoms with Gasteiger partial charge in [0.2, 0.25) is 5.91 Å². The summed E-state index contributed by atoms with van der Waals surface area (Å²) in [4.78, 5) is 22.8. The van der Waals surface area contributed by atoms with Crippen molar-refractivity contribution in [3.05, 3.63) is 12.4 Å². The second kappa shape index (κ2) is 7.10. The van der Waals surface area contributed by atoms with Crippen molar-refractivity contribution in [2.75, 3.05) is 5.32 Å². The number of nitrogens with zero attached hydrogens (tertiary/aromatic N) is 2. The predicted molar refractivity (Wildman–Crippen MR) is 79.6 cm³/mol. The molecule has 4 N–H and O–H groups in total. The Kier molecular flexibility index (Phi) is 5.19. The minimum absolute atomic E-state index is 0.00380. The van der Waals surface area contributed by atoms with E-state index in [0.717, 1.165) is 19.3 Å². The zero-order valence-electron chi connectivity index (χ0n) is 12.3. The molecule has 21 heavy (non-hydrogen) atoms. The number of aromatic nitrogens is 2. The van der Waals surface area contributed by atoms with Gasteiger partial charge in [-0.25, -0.2) is 4.79 Å². The molecule has 7 heteroatoms. The van der Waals surface area contributed by atoms with Gasteiger partial charge in [0.05, 0.1) is 11.9 Å². The SMILES string of the molecule is CC[C@H]1CCCC[C@H]1NC(=O)Nc1cnn(CC(N)=O)c1. The van der Waals surface area contributed by atoms with Crippen LogP contribution in [0.25, 0.3) is 0 Å². The van der Waals surface area contributed by atoms with Crippen molar-refractivity contribution in [2.45, 2.75) is 51.6 Å². The fourth-order valence-electron chi connectivity index (χ4n) is 2.90. The maximum absolute atomic E-state index is 12.0. The van der Waals surface area contributed by atoms with Crippen molar-refractivity contribution in [1.29, 1.82) is 0 Å². The van der Waals surface area contributed by atoms with E-state index in [-0.39, 0.29) is 18.6 Å². The van der Waals surface area contributed by atoms with Crippen LogP contribution in [0.4, 0.5) is 10.5 Å². The third-order valence-corrected chi connectivity index (χ3v) is 3.96. The van der Waals surface area contributed by atoms with Crippen LogP contribution in [0.2, 0.25) is 0 Å². The van der Waals surface area contributed by atoms with Crippen LogP contribution in [0.5, 0.6) is 0 Å². The number of anilines is 1. The molecule has 7 nitrogen and oxygen atoms in total. The van der Waals surface area contributed by atoms with Gasteiger partial charge < -0.3 is 16.4 Å². The largest absolute Gasteiger partial charge is 0.368 e. The molecule has 0 aliphatic heterocycles. The van der Waals surface area contributed by atoms with Crippen LogP contribution in [0.3, 0.4) is 0 Å². The van der Waals surface area contributed by atoms with E-state index < -0.39 is 5.91 Å². The molecule has 0 aromatic carbocycles. The molecule has 1 fully saturated rings. The average Bonchev–Trinajstić information content (AvgIpc) is 2.85. The van der Waals surface area contributed by atoms with E-state index in [1.165, 1.54) is 23.7 Å². The molecule has 1 aromatic heterocycles. The Balaban J connectivity index is 1.86. The highest BCUT2D eigenvalue weighted by molar-refractivity contribution is 5.89. The monoisotopic (exact) mass is 293 g/mol. The zero-order valence-corrected chi connectivity index (χ0v) is 12.3. The Morgan fingerprint density at radius 2 is 2.19 bits per heavy atom. The molecule has 0 saturated heterocycles. The van der Waals surface area contributed by atoms with E-state index in [0.29, 0.717) is 11.6 Å². The average molecular weight is 293 g/mol. The summed E-state index contributed by atoms with van der Waals surface area (Å²) in [5, 5.41) is 9.74. The smallest absolute Gasteiger partial charge is 0.319 e. The summed E-state index contributed by atoms with van der Waals surface area (Å²) in [6.07, 6.45) is 8.80. The van der Waals surface area contributed by atoms with Crippen molar-refractivity contribution in [1.82, 2.24) is 15.1 Å². The molecule has 2 atom stereocenters. The Labute approximate surface area is 124 Å². The fraction of sp³-hybridized carbons (Fsp3) is 0.643. The standard InChI is InChI=1S/C14H23N5O2/c1-2-10-5-3-4-6-12(10)18-14(21)17-11-7-16-19(8-11)9-13(15)20/h7-8,10,12H,2-6,9H2,1H3,(H2,15,20)(H2,17,18,21)/t10-,12+/m0/s1. The number of primary amides is 1. The van der Waals surface area contributed by atoms with Crippen molar-refractivity contribution >= 4 is 17.6 Å². The Morgan fingerprint density at radius 1 is 1.43 bits per heavy atom. The zero-order chi connectivity index (χ0) is 15.2. The van der Waals surface area contributed by atoms with Gasteiger partial charge in [-0.05, 0) is 18.8 Å². The van der Waals surface area contributed by atoms with Crippen LogP contribution in [-0.2, 0) is 11.3 Å². The highest BCUT2D eigenvalue weighted by Gasteiger charge is 2.25. The minimum atomic E-state index is -0.470. The number of hydrogen-bond acceptors (Lipinski definition) is 3. The molecular weight excluding hydrogens is 270 g/mol. The Bertz CT molecular complexity index is 499. The van der Waals surface area contributed by atoms with Crippen LogP contribution in [0.1, 0.15) is 39.0 Å². The van der Waals surface area contributed by atoms with E-state index in [4.69, 9.17) is 5.73 Å². The molecule has 1 heterocycles. The number of nitrogens with one attached hydrogen (secondary N) is 2. The maximum Gasteiger partial charge on any atom is 0.319 e. The lowest BCUT2D eigenvalue weighted by atomic mass is 9.83. The molecule has 0 unspecified atom stereocenters. The van der Waals surface area contributed by atoms with Gasteiger partial charge in [-0.15, -0.1) is 0 Å². The highest BCUT2D eigenvalue weighted by Crippen LogP contribution is 2.26. The molecule has 1 aliphatic rings. The second-order valence-electron chi connectivity index (χ2n) is 5.55. The van der Waals surface area contributed by atoms with Crippen LogP contribution >= 0.6 is 0 Å². The van der Waals surface area contributed by atoms with Gasteiger partial charge in [0.1, 0.15) is 6.54 Å². The summed E-state index contributed by atoms with van der Waals surface area (Å²) >= 11 is 0. The number of amides is 3. The van der Waals surface area contributed by atoms with E-state index in [9.17, 15) is 9.59 Å². The van der Waals surface area contributed by atoms with Crippen molar-refractivity contribution in [3.63, 3.8) is 0 Å². The molecule has 0 spiro atoms. The lowest BCUT2D eigenvalue weighted by molar-refractivity contribution is -0.118. The normalized spacial score (nSPS) is 21.8. The summed E-state index contributed by atoms with van der Waals surface area (Å²) in [6.45, 7) is 2.17. The maximum atomic E-state index is 12.0. The van der Waals surface area contributed by atoms with E-state index in [2.05, 4.69) is 22.7 Å². The van der Waals surface area contributed by atoms with Gasteiger partial charge in [0.15, 0.2) is 0 Å². The Morgan fingerprint density at radius 3 is 2.90 bits per heavy atom. The molecule has 0 radical (unpaired) electrons. The molecule has 116 valence electrons. The number of nitrogens with two attached hydrogens (primary N) is 1. The van der Waals surface area contributed by atoms with Gasteiger partial charge in [-0.3, -0.25) is 9.48 Å². The summed E-state index contributed by atoms with van der Waals surface area (Å²) in [5.74, 6) is 0.0872. The topological polar surface area (TPSA) is 102 Å². The van der Waals surface area contributed by atoms with Gasteiger partial charge >= 0.3 is 6.03 Å². The molecule has 3 amide bonds. The Hall–Kier alpha value is -2.05. The molecule has 0 bridgehead atoms. The molecule has 1 aliphatic carbocycles. The first-order valence-corrected chi connectivity index (χ1v) is 7.46. The first kappa shape index (κ1) is 15.3. The van der Waals surface area contributed by atoms with Gasteiger partial charge in [-0.1, -0.05) is 26.2 Å². The predicted octanol–water partition coefficient (Wildman–Crippen LogP) is 1.46. The van der Waals surface area contributed by atoms with E-state index in [1.807, 2.05) is 0 Å². The number of carbonyl (C=O) groups is 2. The van der Waals surface area contributed by atoms with Gasteiger partial charge in [0, 0.05) is 12.2 Å². The van der Waals surface area contributed by atoms with Crippen LogP contribution in [0.15, 0.2) is 12.4 Å². The molecule has 2 rings (SSSR count). The molecular formula is C14H23N5O2. The summed E-state index contributed by atoms with van der Waals surface area (Å²) in [6, 6.07) is 0.0170. The quantitative estimate of drug-likeness (QED) is 0.765. The van der Waals surface area contributed by atoms with Crippen molar-refractivity contribution < 1.29 is 9.59 Å². The number of urea groups is 1. The number of hydrogen-bond donors (Lipinski definition) is 3. The molecule has 1 saturated carbocycles. The van der Waals surface area contributed by atoms with Crippen LogP contribution in [0, 0.1) is 5.92 Å². The van der Waals surface area contributed by atoms with E-state index >= 15 is 0 Å². The third kappa shape index (κ3) is 4.47. The van der Waals surface area contributed by atoms with Crippen LogP contribution < -0.4 is 16.4 Å². The second-order valence-corrected chi connectivity index (χ2v) is 5.55. The van der Waals surface area contributed by atoms with Crippen molar-refractivity contribution in [3.8, 4) is 0 Å². The lowest BCUT2D eigenvalue weighted by Crippen LogP contribution is -2.43. The van der Waals surface area contributed by atoms with Crippen LogP contribution in [-0.4, -0.2) is 27.8 Å². The number of rotatable bonds is 5. The summed E-state index contributed by atoms with van der Waals surface area (Å²) in [7, 11) is 0. The first-order chi connectivity index (χ1) is 10.1. The minimum Gasteiger partial charge on any atom is -0.368 e. The molecule has 1 aromatic rings. The van der Waals surface area contributed by atoms with Gasteiger partial charge in [0.25, 0.3) is 0 Å². The third-order valence-electron chi connectivity index (χ3n) is 3.96. The summed E-state index contributed by atoms with van der Waals surface area (Å²) < 4.78 is 1.40. The van der Waals surface area contributed by atoms with Crippen molar-refractivity contribution in [2.24, 2.45) is 11.7 Å². The lowest BCUT2D eigenvalue weighted by Gasteiger charge is -2.31. The number of carbonyl (C=O) groups excluding carboxylic acids is 2. The highest BCUT2D eigenvalue weighted by atomic mass is 16.2. The summed E-state index contributed by atoms with van der Waals surface area (Å²) in [5.41, 5.74) is 5.64. The fourth-order valence-corrected chi connectivity index (χ4v) is 2.90. The van der Waals surface area contributed by atoms with E-state index in [1.54, 1.807) is 6.20 Å². The first-order valence-electron chi connectivity index (χ1n) is 7.46.